The first-order valence-electron chi connectivity index (χ1n) is 15.2. The zero-order valence-electron chi connectivity index (χ0n) is 23.6. The second-order valence-corrected chi connectivity index (χ2v) is 13.6. The van der Waals surface area contributed by atoms with Gasteiger partial charge in [0.1, 0.15) is 11.6 Å². The lowest BCUT2D eigenvalue weighted by atomic mass is 9.82. The summed E-state index contributed by atoms with van der Waals surface area (Å²) in [5, 5.41) is 10.9. The highest BCUT2D eigenvalue weighted by Crippen LogP contribution is 2.34. The number of anilines is 3. The number of rotatable bonds is 14. The predicted octanol–water partition coefficient (Wildman–Crippen LogP) is 2.48. The van der Waals surface area contributed by atoms with E-state index in [2.05, 4.69) is 30.7 Å². The molecule has 0 bridgehead atoms. The Bertz CT molecular complexity index is 897. The summed E-state index contributed by atoms with van der Waals surface area (Å²) in [4.78, 5) is 31.6. The van der Waals surface area contributed by atoms with Crippen molar-refractivity contribution in [3.05, 3.63) is 6.07 Å². The van der Waals surface area contributed by atoms with Crippen LogP contribution in [0.1, 0.15) is 64.2 Å². The van der Waals surface area contributed by atoms with E-state index in [4.69, 9.17) is 20.5 Å². The molecule has 2 saturated carbocycles. The number of nitrogen functional groups attached to an aromatic ring is 1. The first-order chi connectivity index (χ1) is 18.8. The van der Waals surface area contributed by atoms with E-state index in [1.54, 1.807) is 6.07 Å². The van der Waals surface area contributed by atoms with Gasteiger partial charge in [0.05, 0.1) is 6.16 Å². The van der Waals surface area contributed by atoms with Crippen LogP contribution in [0.4, 0.5) is 17.6 Å². The molecule has 0 atom stereocenters. The summed E-state index contributed by atoms with van der Waals surface area (Å²) in [5.74, 6) is 3.26. The molecule has 3 fully saturated rings. The van der Waals surface area contributed by atoms with Crippen LogP contribution in [0.15, 0.2) is 6.07 Å². The average Bonchev–Trinajstić information content (AvgIpc) is 2.93. The van der Waals surface area contributed by atoms with E-state index < -0.39 is 7.60 Å². The van der Waals surface area contributed by atoms with Crippen molar-refractivity contribution in [1.82, 2.24) is 25.5 Å². The number of piperazine rings is 1. The fraction of sp³-hybridized carbons (Fsp3) is 0.852. The lowest BCUT2D eigenvalue weighted by Crippen LogP contribution is -2.47. The molecule has 0 amide bonds. The van der Waals surface area contributed by atoms with Crippen molar-refractivity contribution >= 4 is 25.2 Å². The van der Waals surface area contributed by atoms with Gasteiger partial charge in [0.25, 0.3) is 0 Å². The molecule has 1 aromatic heterocycles. The number of hydrogen-bond donors (Lipinski definition) is 6. The smallest absolute Gasteiger partial charge is 0.326 e. The molecule has 1 saturated heterocycles. The highest BCUT2D eigenvalue weighted by atomic mass is 31.2. The number of nitrogens with zero attached hydrogens (tertiary/aromatic N) is 4. The van der Waals surface area contributed by atoms with Gasteiger partial charge >= 0.3 is 7.60 Å². The Morgan fingerprint density at radius 3 is 2.31 bits per heavy atom. The highest BCUT2D eigenvalue weighted by molar-refractivity contribution is 7.51. The Kier molecular flexibility index (Phi) is 12.1. The summed E-state index contributed by atoms with van der Waals surface area (Å²) in [6, 6.07) is 2.57. The van der Waals surface area contributed by atoms with Crippen LogP contribution < -0.4 is 26.6 Å². The lowest BCUT2D eigenvalue weighted by Gasteiger charge is -2.35. The van der Waals surface area contributed by atoms with E-state index in [1.165, 1.54) is 64.2 Å². The minimum atomic E-state index is -3.96. The third kappa shape index (κ3) is 11.1. The van der Waals surface area contributed by atoms with Gasteiger partial charge in [-0.2, -0.15) is 9.97 Å². The van der Waals surface area contributed by atoms with Crippen LogP contribution in [0.5, 0.6) is 0 Å². The monoisotopic (exact) mass is 566 g/mol. The maximum atomic E-state index is 11.2. The summed E-state index contributed by atoms with van der Waals surface area (Å²) >= 11 is 0. The van der Waals surface area contributed by atoms with Crippen molar-refractivity contribution in [1.29, 1.82) is 0 Å². The molecule has 7 N–H and O–H groups in total. The van der Waals surface area contributed by atoms with Crippen LogP contribution in [-0.4, -0.2) is 95.8 Å². The van der Waals surface area contributed by atoms with Crippen molar-refractivity contribution in [3.63, 3.8) is 0 Å². The molecule has 2 aliphatic carbocycles. The Balaban J connectivity index is 1.09. The molecule has 12 heteroatoms. The summed E-state index contributed by atoms with van der Waals surface area (Å²) in [6.45, 7) is 7.62. The number of hydrogen-bond acceptors (Lipinski definition) is 9. The third-order valence-corrected chi connectivity index (χ3v) is 9.44. The summed E-state index contributed by atoms with van der Waals surface area (Å²) in [6.07, 6.45) is 13.0. The van der Waals surface area contributed by atoms with Crippen LogP contribution in [0.3, 0.4) is 0 Å². The van der Waals surface area contributed by atoms with Gasteiger partial charge in [0.2, 0.25) is 5.95 Å². The summed E-state index contributed by atoms with van der Waals surface area (Å²) in [5.41, 5.74) is 6.10. The van der Waals surface area contributed by atoms with Gasteiger partial charge in [0, 0.05) is 51.4 Å². The van der Waals surface area contributed by atoms with Gasteiger partial charge in [-0.25, -0.2) is 0 Å². The van der Waals surface area contributed by atoms with Gasteiger partial charge in [-0.3, -0.25) is 9.46 Å². The minimum absolute atomic E-state index is 0.0992. The molecular formula is C27H51N8O3P. The van der Waals surface area contributed by atoms with Crippen LogP contribution >= 0.6 is 7.60 Å². The molecule has 2 heterocycles. The Labute approximate surface area is 234 Å². The molecule has 3 aliphatic rings. The predicted molar refractivity (Wildman–Crippen MR) is 158 cm³/mol. The van der Waals surface area contributed by atoms with E-state index in [0.29, 0.717) is 24.2 Å². The van der Waals surface area contributed by atoms with E-state index in [-0.39, 0.29) is 6.16 Å². The molecule has 222 valence electrons. The molecule has 11 nitrogen and oxygen atoms in total. The Hall–Kier alpha value is -1.49. The molecule has 1 aromatic rings. The molecule has 0 radical (unpaired) electrons. The Morgan fingerprint density at radius 1 is 0.923 bits per heavy atom. The molecule has 0 spiro atoms. The standard InChI is InChI=1S/C27H51N8O3P/c28-25-19-26(35-15-13-34(14-16-35)17-18-39(36,37)38)33-27(32-25)31-21-23-9-7-22(8-10-23)20-29-11-4-12-30-24-5-2-1-3-6-24/h19,22-24,29-30H,1-18,20-21H2,(H2,36,37,38)(H3,28,31,32,33)/t22-,23+. The van der Waals surface area contributed by atoms with Crippen molar-refractivity contribution in [3.8, 4) is 0 Å². The van der Waals surface area contributed by atoms with Crippen LogP contribution in [0, 0.1) is 11.8 Å². The van der Waals surface area contributed by atoms with Crippen molar-refractivity contribution < 1.29 is 14.4 Å². The maximum Gasteiger partial charge on any atom is 0.326 e. The van der Waals surface area contributed by atoms with Crippen molar-refractivity contribution in [2.45, 2.75) is 70.3 Å². The van der Waals surface area contributed by atoms with Crippen LogP contribution in [-0.2, 0) is 4.57 Å². The topological polar surface area (TPSA) is 152 Å². The summed E-state index contributed by atoms with van der Waals surface area (Å²) in [7, 11) is -3.96. The number of nitrogens with two attached hydrogens (primary N) is 1. The largest absolute Gasteiger partial charge is 0.383 e. The van der Waals surface area contributed by atoms with Crippen LogP contribution in [0.25, 0.3) is 0 Å². The van der Waals surface area contributed by atoms with Crippen molar-refractivity contribution in [2.75, 3.05) is 81.0 Å². The molecule has 0 unspecified atom stereocenters. The SMILES string of the molecule is Nc1cc(N2CCN(CCP(=O)(O)O)CC2)nc(NC[C@H]2CC[C@@H](CNCCCNC3CCCCC3)CC2)n1. The normalized spacial score (nSPS) is 23.7. The molecule has 4 rings (SSSR count). The third-order valence-electron chi connectivity index (χ3n) is 8.65. The fourth-order valence-corrected chi connectivity index (χ4v) is 6.72. The van der Waals surface area contributed by atoms with Crippen molar-refractivity contribution in [2.24, 2.45) is 11.8 Å². The zero-order chi connectivity index (χ0) is 27.5. The quantitative estimate of drug-likeness (QED) is 0.146. The van der Waals surface area contributed by atoms with E-state index >= 15 is 0 Å². The second kappa shape index (κ2) is 15.5. The van der Waals surface area contributed by atoms with Gasteiger partial charge in [0.15, 0.2) is 0 Å². The number of aromatic nitrogens is 2. The average molecular weight is 567 g/mol. The number of nitrogens with one attached hydrogen (secondary N) is 3. The fourth-order valence-electron chi connectivity index (χ4n) is 6.17. The second-order valence-electron chi connectivity index (χ2n) is 11.8. The minimum Gasteiger partial charge on any atom is -0.383 e. The van der Waals surface area contributed by atoms with Gasteiger partial charge in [-0.1, -0.05) is 19.3 Å². The van der Waals surface area contributed by atoms with E-state index in [1.807, 2.05) is 0 Å². The first kappa shape index (κ1) is 30.5. The lowest BCUT2D eigenvalue weighted by molar-refractivity contribution is 0.263. The maximum absolute atomic E-state index is 11.2. The molecule has 1 aliphatic heterocycles. The molecule has 39 heavy (non-hydrogen) atoms. The highest BCUT2D eigenvalue weighted by Gasteiger charge is 2.23. The van der Waals surface area contributed by atoms with E-state index in [9.17, 15) is 4.57 Å². The summed E-state index contributed by atoms with van der Waals surface area (Å²) < 4.78 is 11.2. The van der Waals surface area contributed by atoms with E-state index in [0.717, 1.165) is 70.1 Å². The molecular weight excluding hydrogens is 515 g/mol. The molecule has 0 aromatic carbocycles. The van der Waals surface area contributed by atoms with Crippen LogP contribution in [0.2, 0.25) is 0 Å². The Morgan fingerprint density at radius 2 is 1.62 bits per heavy atom. The first-order valence-corrected chi connectivity index (χ1v) is 17.0. The zero-order valence-corrected chi connectivity index (χ0v) is 24.5. The van der Waals surface area contributed by atoms with Gasteiger partial charge < -0.3 is 36.4 Å². The van der Waals surface area contributed by atoms with Gasteiger partial charge in [-0.15, -0.1) is 0 Å². The van der Waals surface area contributed by atoms with Gasteiger partial charge in [-0.05, 0) is 76.4 Å².